The number of likely N-dealkylation sites (tertiary alicyclic amines) is 1. The van der Waals surface area contributed by atoms with Crippen molar-refractivity contribution in [1.82, 2.24) is 19.9 Å². The lowest BCUT2D eigenvalue weighted by molar-refractivity contribution is 0.0392. The number of morpholine rings is 1. The molecule has 2 amide bonds. The summed E-state index contributed by atoms with van der Waals surface area (Å²) >= 11 is 0. The minimum absolute atomic E-state index is 0.0457. The summed E-state index contributed by atoms with van der Waals surface area (Å²) in [6, 6.07) is 8.76. The molecule has 0 saturated carbocycles. The SMILES string of the molecule is C=CC(=N/C=C\C)c1noc(C2CC(c3ccc(CC)cc3)CN(C(=O)N3CCOCC3)C2)n1. The van der Waals surface area contributed by atoms with E-state index in [1.165, 1.54) is 11.1 Å². The van der Waals surface area contributed by atoms with Crippen LogP contribution in [0.3, 0.4) is 0 Å². The lowest BCUT2D eigenvalue weighted by Gasteiger charge is -2.40. The first-order chi connectivity index (χ1) is 16.6. The molecular formula is C26H33N5O3. The van der Waals surface area contributed by atoms with Crippen molar-refractivity contribution in [3.05, 3.63) is 72.0 Å². The third-order valence-corrected chi connectivity index (χ3v) is 6.44. The van der Waals surface area contributed by atoms with E-state index < -0.39 is 0 Å². The van der Waals surface area contributed by atoms with E-state index in [-0.39, 0.29) is 17.9 Å². The fourth-order valence-corrected chi connectivity index (χ4v) is 4.52. The van der Waals surface area contributed by atoms with Gasteiger partial charge in [0.1, 0.15) is 5.71 Å². The van der Waals surface area contributed by atoms with Crippen molar-refractivity contribution in [2.24, 2.45) is 4.99 Å². The number of hydrogen-bond donors (Lipinski definition) is 0. The number of hydrogen-bond acceptors (Lipinski definition) is 6. The summed E-state index contributed by atoms with van der Waals surface area (Å²) in [5.41, 5.74) is 3.08. The molecule has 8 heteroatoms. The molecular weight excluding hydrogens is 430 g/mol. The minimum atomic E-state index is -0.0661. The lowest BCUT2D eigenvalue weighted by Crippen LogP contribution is -2.52. The number of carbonyl (C=O) groups excluding carboxylic acids is 1. The summed E-state index contributed by atoms with van der Waals surface area (Å²) < 4.78 is 11.1. The van der Waals surface area contributed by atoms with Crippen molar-refractivity contribution in [1.29, 1.82) is 0 Å². The number of carbonyl (C=O) groups is 1. The third kappa shape index (κ3) is 5.44. The predicted molar refractivity (Wildman–Crippen MR) is 131 cm³/mol. The van der Waals surface area contributed by atoms with Crippen LogP contribution < -0.4 is 0 Å². The van der Waals surface area contributed by atoms with Crippen molar-refractivity contribution < 1.29 is 14.1 Å². The molecule has 2 saturated heterocycles. The van der Waals surface area contributed by atoms with E-state index in [0.29, 0.717) is 56.8 Å². The largest absolute Gasteiger partial charge is 0.378 e. The Balaban J connectivity index is 1.60. The van der Waals surface area contributed by atoms with Gasteiger partial charge in [-0.1, -0.05) is 49.0 Å². The summed E-state index contributed by atoms with van der Waals surface area (Å²) in [7, 11) is 0. The maximum absolute atomic E-state index is 13.4. The van der Waals surface area contributed by atoms with E-state index in [4.69, 9.17) is 9.26 Å². The van der Waals surface area contributed by atoms with Crippen molar-refractivity contribution in [3.8, 4) is 0 Å². The highest BCUT2D eigenvalue weighted by Crippen LogP contribution is 2.36. The first-order valence-electron chi connectivity index (χ1n) is 12.0. The number of nitrogens with zero attached hydrogens (tertiary/aromatic N) is 5. The van der Waals surface area contributed by atoms with E-state index >= 15 is 0 Å². The van der Waals surface area contributed by atoms with Crippen LogP contribution >= 0.6 is 0 Å². The van der Waals surface area contributed by atoms with Gasteiger partial charge >= 0.3 is 6.03 Å². The molecule has 1 aromatic heterocycles. The second-order valence-corrected chi connectivity index (χ2v) is 8.67. The Bertz CT molecular complexity index is 1040. The number of urea groups is 1. The van der Waals surface area contributed by atoms with E-state index in [9.17, 15) is 4.79 Å². The summed E-state index contributed by atoms with van der Waals surface area (Å²) in [6.07, 6.45) is 6.94. The van der Waals surface area contributed by atoms with Crippen LogP contribution in [0.4, 0.5) is 4.79 Å². The van der Waals surface area contributed by atoms with E-state index in [1.807, 2.05) is 22.8 Å². The molecule has 0 N–H and O–H groups in total. The minimum Gasteiger partial charge on any atom is -0.378 e. The van der Waals surface area contributed by atoms with Gasteiger partial charge in [0.25, 0.3) is 0 Å². The zero-order chi connectivity index (χ0) is 23.9. The molecule has 2 aromatic rings. The Hall–Kier alpha value is -3.26. The fourth-order valence-electron chi connectivity index (χ4n) is 4.52. The van der Waals surface area contributed by atoms with Crippen LogP contribution in [0, 0.1) is 0 Å². The van der Waals surface area contributed by atoms with E-state index in [1.54, 1.807) is 12.3 Å². The zero-order valence-corrected chi connectivity index (χ0v) is 20.0. The van der Waals surface area contributed by atoms with Crippen molar-refractivity contribution in [2.75, 3.05) is 39.4 Å². The lowest BCUT2D eigenvalue weighted by atomic mass is 9.84. The van der Waals surface area contributed by atoms with Gasteiger partial charge < -0.3 is 19.1 Å². The van der Waals surface area contributed by atoms with E-state index in [0.717, 1.165) is 12.8 Å². The fraction of sp³-hybridized carbons (Fsp3) is 0.462. The molecule has 0 aliphatic carbocycles. The highest BCUT2D eigenvalue weighted by molar-refractivity contribution is 6.05. The maximum Gasteiger partial charge on any atom is 0.320 e. The molecule has 1 aromatic carbocycles. The van der Waals surface area contributed by atoms with Crippen LogP contribution in [0.25, 0.3) is 0 Å². The highest BCUT2D eigenvalue weighted by Gasteiger charge is 2.36. The Morgan fingerprint density at radius 1 is 1.18 bits per heavy atom. The van der Waals surface area contributed by atoms with Crippen LogP contribution in [0.15, 0.2) is 58.7 Å². The molecule has 2 fully saturated rings. The van der Waals surface area contributed by atoms with Crippen LogP contribution in [0.2, 0.25) is 0 Å². The van der Waals surface area contributed by atoms with Gasteiger partial charge in [-0.15, -0.1) is 0 Å². The summed E-state index contributed by atoms with van der Waals surface area (Å²) in [4.78, 5) is 26.1. The second-order valence-electron chi connectivity index (χ2n) is 8.67. The number of benzene rings is 1. The van der Waals surface area contributed by atoms with Gasteiger partial charge in [-0.25, -0.2) is 4.79 Å². The smallest absolute Gasteiger partial charge is 0.320 e. The molecule has 2 atom stereocenters. The van der Waals surface area contributed by atoms with Gasteiger partial charge in [0.15, 0.2) is 0 Å². The zero-order valence-electron chi connectivity index (χ0n) is 20.0. The predicted octanol–water partition coefficient (Wildman–Crippen LogP) is 4.17. The van der Waals surface area contributed by atoms with Crippen LogP contribution in [0.1, 0.15) is 54.9 Å². The van der Waals surface area contributed by atoms with Gasteiger partial charge in [-0.05, 0) is 37.0 Å². The number of ether oxygens (including phenoxy) is 1. The average molecular weight is 464 g/mol. The number of aryl methyl sites for hydroxylation is 1. The van der Waals surface area contributed by atoms with Crippen molar-refractivity contribution in [3.63, 3.8) is 0 Å². The Kier molecular flexibility index (Phi) is 7.90. The molecule has 2 aliphatic heterocycles. The monoisotopic (exact) mass is 463 g/mol. The number of rotatable bonds is 6. The second kappa shape index (κ2) is 11.2. The molecule has 34 heavy (non-hydrogen) atoms. The van der Waals surface area contributed by atoms with E-state index in [2.05, 4.69) is 52.9 Å². The van der Waals surface area contributed by atoms with Crippen LogP contribution in [0.5, 0.6) is 0 Å². The third-order valence-electron chi connectivity index (χ3n) is 6.44. The molecule has 3 heterocycles. The molecule has 0 spiro atoms. The number of aromatic nitrogens is 2. The molecule has 8 nitrogen and oxygen atoms in total. The molecule has 2 aliphatic rings. The van der Waals surface area contributed by atoms with Crippen LogP contribution in [-0.4, -0.2) is 71.1 Å². The van der Waals surface area contributed by atoms with Gasteiger partial charge in [-0.3, -0.25) is 4.99 Å². The molecule has 180 valence electrons. The van der Waals surface area contributed by atoms with Gasteiger partial charge in [-0.2, -0.15) is 4.98 Å². The highest BCUT2D eigenvalue weighted by atomic mass is 16.5. The Morgan fingerprint density at radius 2 is 1.91 bits per heavy atom. The quantitative estimate of drug-likeness (QED) is 0.601. The Labute approximate surface area is 201 Å². The first kappa shape index (κ1) is 23.9. The maximum atomic E-state index is 13.4. The number of aliphatic imine (C=N–C) groups is 1. The first-order valence-corrected chi connectivity index (χ1v) is 12.0. The molecule has 2 unspecified atom stereocenters. The van der Waals surface area contributed by atoms with Crippen LogP contribution in [-0.2, 0) is 11.2 Å². The summed E-state index contributed by atoms with van der Waals surface area (Å²) in [6.45, 7) is 11.4. The average Bonchev–Trinajstić information content (AvgIpc) is 3.39. The molecule has 0 bridgehead atoms. The van der Waals surface area contributed by atoms with Crippen molar-refractivity contribution >= 4 is 11.7 Å². The van der Waals surface area contributed by atoms with Gasteiger partial charge in [0.2, 0.25) is 11.7 Å². The number of amides is 2. The van der Waals surface area contributed by atoms with Gasteiger partial charge in [0, 0.05) is 38.3 Å². The number of piperidine rings is 1. The Morgan fingerprint density at radius 3 is 2.59 bits per heavy atom. The molecule has 4 rings (SSSR count). The summed E-state index contributed by atoms with van der Waals surface area (Å²) in [5, 5.41) is 4.14. The summed E-state index contributed by atoms with van der Waals surface area (Å²) in [5.74, 6) is 1.05. The number of allylic oxidation sites excluding steroid dienone is 2. The van der Waals surface area contributed by atoms with Crippen molar-refractivity contribution in [2.45, 2.75) is 38.5 Å². The molecule has 0 radical (unpaired) electrons. The van der Waals surface area contributed by atoms with Gasteiger partial charge in [0.05, 0.1) is 19.1 Å². The standard InChI is InChI=1S/C26H33N5O3/c1-4-11-27-23(6-3)24-28-25(34-29-24)22-16-21(20-9-7-19(5-2)8-10-20)17-31(18-22)26(32)30-12-14-33-15-13-30/h4,6-11,21-22H,3,5,12-18H2,1-2H3/b11-4-,27-23?. The topological polar surface area (TPSA) is 84.1 Å². The normalized spacial score (nSPS) is 21.8.